The molecular weight excluding hydrogens is 110 g/mol. The number of benzene rings is 1. The molecule has 0 spiro atoms. The van der Waals surface area contributed by atoms with Gasteiger partial charge in [-0.2, -0.15) is 0 Å². The largest absolute Gasteiger partial charge is 0.258 e. The molecule has 0 saturated heterocycles. The zero-order valence-corrected chi connectivity index (χ0v) is 5.30. The lowest BCUT2D eigenvalue weighted by atomic mass is 10.2. The summed E-state index contributed by atoms with van der Waals surface area (Å²) in [5.74, 6) is 0. The summed E-state index contributed by atoms with van der Waals surface area (Å²) in [4.78, 5) is 0. The van der Waals surface area contributed by atoms with E-state index in [9.17, 15) is 0 Å². The first-order valence-corrected chi connectivity index (χ1v) is 3.12. The van der Waals surface area contributed by atoms with Crippen molar-refractivity contribution in [2.24, 2.45) is 0 Å². The van der Waals surface area contributed by atoms with E-state index in [4.69, 9.17) is 5.73 Å². The highest BCUT2D eigenvalue weighted by molar-refractivity contribution is 5.14. The van der Waals surface area contributed by atoms with Crippen molar-refractivity contribution in [3.8, 4) is 0 Å². The molecule has 1 aromatic rings. The van der Waals surface area contributed by atoms with E-state index in [1.807, 2.05) is 18.2 Å². The molecule has 0 heterocycles. The number of rotatable bonds is 2. The molecule has 1 radical (unpaired) electrons. The van der Waals surface area contributed by atoms with Crippen molar-refractivity contribution in [3.05, 3.63) is 35.9 Å². The molecule has 1 N–H and O–H groups in total. The van der Waals surface area contributed by atoms with Crippen LogP contribution in [0.2, 0.25) is 0 Å². The van der Waals surface area contributed by atoms with Crippen LogP contribution in [0.25, 0.3) is 0 Å². The normalized spacial score (nSPS) is 9.44. The zero-order chi connectivity index (χ0) is 6.53. The summed E-state index contributed by atoms with van der Waals surface area (Å²) in [6.07, 6.45) is 0.876. The fraction of sp³-hybridized carbons (Fsp3) is 0.250. The van der Waals surface area contributed by atoms with Gasteiger partial charge in [0.15, 0.2) is 0 Å². The Morgan fingerprint density at radius 2 is 1.78 bits per heavy atom. The van der Waals surface area contributed by atoms with E-state index in [0.29, 0.717) is 6.54 Å². The molecule has 0 aliphatic rings. The second-order valence-electron chi connectivity index (χ2n) is 1.99. The van der Waals surface area contributed by atoms with Gasteiger partial charge >= 0.3 is 0 Å². The molecule has 1 aromatic carbocycles. The lowest BCUT2D eigenvalue weighted by Gasteiger charge is -1.93. The Bertz CT molecular complexity index is 157. The van der Waals surface area contributed by atoms with E-state index in [0.717, 1.165) is 6.42 Å². The van der Waals surface area contributed by atoms with Crippen LogP contribution in [0.3, 0.4) is 0 Å². The lowest BCUT2D eigenvalue weighted by Crippen LogP contribution is -1.90. The third-order valence-electron chi connectivity index (χ3n) is 1.26. The van der Waals surface area contributed by atoms with Crippen molar-refractivity contribution in [2.45, 2.75) is 6.42 Å². The molecule has 0 atom stereocenters. The molecule has 0 aliphatic carbocycles. The van der Waals surface area contributed by atoms with Gasteiger partial charge in [-0.25, -0.2) is 0 Å². The first kappa shape index (κ1) is 6.30. The van der Waals surface area contributed by atoms with Crippen LogP contribution in [0.1, 0.15) is 5.56 Å². The number of hydrogen-bond donors (Lipinski definition) is 0. The first-order valence-electron chi connectivity index (χ1n) is 3.12. The van der Waals surface area contributed by atoms with E-state index >= 15 is 0 Å². The predicted molar refractivity (Wildman–Crippen MR) is 38.1 cm³/mol. The van der Waals surface area contributed by atoms with E-state index < -0.39 is 0 Å². The Balaban J connectivity index is 2.61. The van der Waals surface area contributed by atoms with Gasteiger partial charge < -0.3 is 0 Å². The summed E-state index contributed by atoms with van der Waals surface area (Å²) in [6, 6.07) is 10.1. The van der Waals surface area contributed by atoms with Crippen LogP contribution >= 0.6 is 0 Å². The van der Waals surface area contributed by atoms with Crippen molar-refractivity contribution in [1.29, 1.82) is 0 Å². The molecule has 1 nitrogen and oxygen atoms in total. The summed E-state index contributed by atoms with van der Waals surface area (Å²) in [5, 5.41) is 0. The minimum atomic E-state index is 0.490. The molecule has 0 fully saturated rings. The van der Waals surface area contributed by atoms with Gasteiger partial charge in [0.05, 0.1) is 0 Å². The molecule has 47 valence electrons. The number of nitrogens with one attached hydrogen (secondary N) is 1. The Hall–Kier alpha value is -0.820. The van der Waals surface area contributed by atoms with Crippen molar-refractivity contribution >= 4 is 0 Å². The third-order valence-corrected chi connectivity index (χ3v) is 1.26. The molecule has 1 rings (SSSR count). The maximum atomic E-state index is 6.94. The quantitative estimate of drug-likeness (QED) is 0.565. The Morgan fingerprint density at radius 3 is 2.33 bits per heavy atom. The highest BCUT2D eigenvalue weighted by Gasteiger charge is 1.85. The van der Waals surface area contributed by atoms with Crippen LogP contribution in [0.5, 0.6) is 0 Å². The second-order valence-corrected chi connectivity index (χ2v) is 1.99. The van der Waals surface area contributed by atoms with Crippen molar-refractivity contribution < 1.29 is 0 Å². The molecule has 0 aliphatic heterocycles. The van der Waals surface area contributed by atoms with Gasteiger partial charge in [0, 0.05) is 6.54 Å². The van der Waals surface area contributed by atoms with Crippen molar-refractivity contribution in [2.75, 3.05) is 6.54 Å². The first-order chi connectivity index (χ1) is 4.43. The monoisotopic (exact) mass is 120 g/mol. The van der Waals surface area contributed by atoms with Gasteiger partial charge in [-0.1, -0.05) is 30.3 Å². The highest BCUT2D eigenvalue weighted by Crippen LogP contribution is 1.97. The van der Waals surface area contributed by atoms with Crippen LogP contribution in [0.4, 0.5) is 0 Å². The molecule has 9 heavy (non-hydrogen) atoms. The van der Waals surface area contributed by atoms with E-state index in [1.165, 1.54) is 5.56 Å². The maximum Gasteiger partial charge on any atom is 0.0140 e. The van der Waals surface area contributed by atoms with Crippen LogP contribution < -0.4 is 5.73 Å². The van der Waals surface area contributed by atoms with E-state index in [-0.39, 0.29) is 0 Å². The van der Waals surface area contributed by atoms with Gasteiger partial charge in [-0.15, -0.1) is 0 Å². The Kier molecular flexibility index (Phi) is 2.28. The fourth-order valence-corrected chi connectivity index (χ4v) is 0.789. The summed E-state index contributed by atoms with van der Waals surface area (Å²) < 4.78 is 0. The molecule has 0 amide bonds. The SMILES string of the molecule is [NH]CCc1ccccc1. The van der Waals surface area contributed by atoms with Gasteiger partial charge in [-0.05, 0) is 12.0 Å². The molecule has 1 heteroatoms. The van der Waals surface area contributed by atoms with Crippen LogP contribution in [0.15, 0.2) is 30.3 Å². The Labute approximate surface area is 55.5 Å². The van der Waals surface area contributed by atoms with Crippen molar-refractivity contribution in [3.63, 3.8) is 0 Å². The summed E-state index contributed by atoms with van der Waals surface area (Å²) in [6.45, 7) is 0.490. The van der Waals surface area contributed by atoms with Crippen LogP contribution in [-0.2, 0) is 6.42 Å². The van der Waals surface area contributed by atoms with E-state index in [2.05, 4.69) is 12.1 Å². The second kappa shape index (κ2) is 3.25. The standard InChI is InChI=1S/C8H10N/c9-7-6-8-4-2-1-3-5-8/h1-5,9H,6-7H2. The highest BCUT2D eigenvalue weighted by atomic mass is 14.5. The van der Waals surface area contributed by atoms with E-state index in [1.54, 1.807) is 0 Å². The summed E-state index contributed by atoms with van der Waals surface area (Å²) in [7, 11) is 0. The summed E-state index contributed by atoms with van der Waals surface area (Å²) >= 11 is 0. The smallest absolute Gasteiger partial charge is 0.0140 e. The van der Waals surface area contributed by atoms with Gasteiger partial charge in [-0.3, -0.25) is 5.73 Å². The molecule has 0 bridgehead atoms. The minimum absolute atomic E-state index is 0.490. The Morgan fingerprint density at radius 1 is 1.11 bits per heavy atom. The molecular formula is C8H10N. The maximum absolute atomic E-state index is 6.94. The number of hydrogen-bond acceptors (Lipinski definition) is 0. The molecule has 0 aromatic heterocycles. The van der Waals surface area contributed by atoms with Gasteiger partial charge in [0.2, 0.25) is 0 Å². The minimum Gasteiger partial charge on any atom is -0.258 e. The predicted octanol–water partition coefficient (Wildman–Crippen LogP) is 1.51. The summed E-state index contributed by atoms with van der Waals surface area (Å²) in [5.41, 5.74) is 8.20. The average molecular weight is 120 g/mol. The molecule has 0 unspecified atom stereocenters. The lowest BCUT2D eigenvalue weighted by molar-refractivity contribution is 0.941. The van der Waals surface area contributed by atoms with Crippen molar-refractivity contribution in [1.82, 2.24) is 5.73 Å². The topological polar surface area (TPSA) is 23.8 Å². The van der Waals surface area contributed by atoms with Crippen LogP contribution in [0, 0.1) is 0 Å². The zero-order valence-electron chi connectivity index (χ0n) is 5.30. The molecule has 0 saturated carbocycles. The van der Waals surface area contributed by atoms with Gasteiger partial charge in [0.25, 0.3) is 0 Å². The van der Waals surface area contributed by atoms with Gasteiger partial charge in [0.1, 0.15) is 0 Å². The van der Waals surface area contributed by atoms with Crippen LogP contribution in [-0.4, -0.2) is 6.54 Å². The third kappa shape index (κ3) is 1.86. The average Bonchev–Trinajstić information content (AvgIpc) is 1.91. The fourth-order valence-electron chi connectivity index (χ4n) is 0.789.